The highest BCUT2D eigenvalue weighted by molar-refractivity contribution is 8.01. The lowest BCUT2D eigenvalue weighted by atomic mass is 10.0. The van der Waals surface area contributed by atoms with E-state index in [4.69, 9.17) is 27.9 Å². The number of anilines is 3. The second-order valence-corrected chi connectivity index (χ2v) is 10.5. The lowest BCUT2D eigenvalue weighted by Gasteiger charge is -2.50. The average molecular weight is 567 g/mol. The van der Waals surface area contributed by atoms with Gasteiger partial charge in [0.25, 0.3) is 11.8 Å². The van der Waals surface area contributed by atoms with Crippen molar-refractivity contribution in [1.29, 1.82) is 0 Å². The number of oxime groups is 1. The highest BCUT2D eigenvalue weighted by Crippen LogP contribution is 2.41. The number of fused-ring (bicyclic) bond motifs is 1. The summed E-state index contributed by atoms with van der Waals surface area (Å²) in [5.41, 5.74) is 17.4. The van der Waals surface area contributed by atoms with E-state index in [2.05, 4.69) is 20.4 Å². The Morgan fingerprint density at radius 2 is 2.14 bits per heavy atom. The highest BCUT2D eigenvalue weighted by atomic mass is 32.2. The smallest absolute Gasteiger partial charge is 0.322 e. The Bertz CT molecular complexity index is 1330. The molecule has 2 amide bonds. The van der Waals surface area contributed by atoms with E-state index in [-0.39, 0.29) is 57.1 Å². The molecule has 0 aliphatic carbocycles. The van der Waals surface area contributed by atoms with Crippen LogP contribution in [0.4, 0.5) is 16.8 Å². The van der Waals surface area contributed by atoms with Crippen molar-refractivity contribution in [2.45, 2.75) is 23.5 Å². The first-order valence-electron chi connectivity index (χ1n) is 10.6. The molecule has 2 atom stereocenters. The monoisotopic (exact) mass is 566 g/mol. The van der Waals surface area contributed by atoms with Crippen LogP contribution in [-0.4, -0.2) is 67.9 Å². The molecule has 18 heteroatoms. The van der Waals surface area contributed by atoms with Crippen LogP contribution in [-0.2, 0) is 19.2 Å². The molecule has 1 unspecified atom stereocenters. The highest BCUT2D eigenvalue weighted by Gasteiger charge is 2.53. The topological polar surface area (TPSA) is 245 Å². The van der Waals surface area contributed by atoms with Gasteiger partial charge in [0.15, 0.2) is 10.8 Å². The van der Waals surface area contributed by atoms with Crippen molar-refractivity contribution in [2.75, 3.05) is 41.2 Å². The molecule has 2 aromatic rings. The number of aliphatic carboxylic acids is 1. The SMILES string of the molecule is CCO/N=C(\C(=O)NC1C(=O)N2C(C(=O)[O-])=C(CSc3nc(N)cc(N)[n+]3N)CS[C@H]12)c1csc(N)n1. The minimum absolute atomic E-state index is 0.132. The van der Waals surface area contributed by atoms with E-state index in [0.29, 0.717) is 5.57 Å². The van der Waals surface area contributed by atoms with Gasteiger partial charge in [0.05, 0.1) is 17.7 Å². The van der Waals surface area contributed by atoms with Crippen molar-refractivity contribution in [3.05, 3.63) is 28.4 Å². The van der Waals surface area contributed by atoms with E-state index < -0.39 is 29.2 Å². The number of thioether (sulfide) groups is 2. The van der Waals surface area contributed by atoms with Crippen LogP contribution in [0.1, 0.15) is 12.6 Å². The molecule has 2 aliphatic heterocycles. The molecule has 0 aromatic carbocycles. The predicted molar refractivity (Wildman–Crippen MR) is 136 cm³/mol. The van der Waals surface area contributed by atoms with Gasteiger partial charge in [-0.1, -0.05) is 10.1 Å². The van der Waals surface area contributed by atoms with E-state index in [1.54, 1.807) is 6.92 Å². The van der Waals surface area contributed by atoms with Crippen LogP contribution in [0.3, 0.4) is 0 Å². The first-order chi connectivity index (χ1) is 17.6. The van der Waals surface area contributed by atoms with Crippen LogP contribution < -0.4 is 38.1 Å². The molecular weight excluding hydrogens is 544 g/mol. The maximum atomic E-state index is 13.0. The number of nitrogens with zero attached hydrogens (tertiary/aromatic N) is 5. The molecule has 4 rings (SSSR count). The van der Waals surface area contributed by atoms with Gasteiger partial charge >= 0.3 is 5.16 Å². The molecule has 15 nitrogen and oxygen atoms in total. The molecule has 2 aromatic heterocycles. The average Bonchev–Trinajstić information content (AvgIpc) is 3.28. The summed E-state index contributed by atoms with van der Waals surface area (Å²) in [6.07, 6.45) is 0. The molecule has 0 saturated carbocycles. The quantitative estimate of drug-likeness (QED) is 0.0393. The number of nitrogens with two attached hydrogens (primary N) is 4. The van der Waals surface area contributed by atoms with Gasteiger partial charge < -0.3 is 37.3 Å². The summed E-state index contributed by atoms with van der Waals surface area (Å²) in [4.78, 5) is 52.2. The number of carboxylic acids is 1. The van der Waals surface area contributed by atoms with E-state index in [1.165, 1.54) is 23.2 Å². The molecule has 37 heavy (non-hydrogen) atoms. The molecule has 196 valence electrons. The maximum Gasteiger partial charge on any atom is 0.322 e. The van der Waals surface area contributed by atoms with Crippen molar-refractivity contribution >= 4 is 75.1 Å². The minimum atomic E-state index is -1.52. The number of hydrogen-bond donors (Lipinski definition) is 5. The van der Waals surface area contributed by atoms with Gasteiger partial charge in [-0.2, -0.15) is 0 Å². The largest absolute Gasteiger partial charge is 0.543 e. The maximum absolute atomic E-state index is 13.0. The van der Waals surface area contributed by atoms with Gasteiger partial charge in [0, 0.05) is 16.9 Å². The van der Waals surface area contributed by atoms with Crippen molar-refractivity contribution < 1.29 is 29.0 Å². The van der Waals surface area contributed by atoms with Gasteiger partial charge in [-0.15, -0.1) is 27.8 Å². The standard InChI is InChI=1S/C19H22N10O5S3/c1-2-34-27-11(8-6-36-18(22)24-8)14(30)26-12-15(31)28-13(17(32)33)7(4-35-16(12)28)5-37-19-25-9(20)3-10(21)29(19)23/h3,6,12,16H,2,4-5,23H2,1H3,(H7,20,21,22,24,26,30,32,33)/b27-11-/t12?,16-/m1/s1. The molecule has 0 spiro atoms. The number of amides is 2. The Morgan fingerprint density at radius 3 is 2.78 bits per heavy atom. The zero-order valence-corrected chi connectivity index (χ0v) is 21.7. The second-order valence-electron chi connectivity index (χ2n) is 7.58. The predicted octanol–water partition coefficient (Wildman–Crippen LogP) is -2.78. The summed E-state index contributed by atoms with van der Waals surface area (Å²) >= 11 is 3.50. The molecule has 2 aliphatic rings. The number of hydrogen-bond acceptors (Lipinski definition) is 15. The van der Waals surface area contributed by atoms with Crippen molar-refractivity contribution in [2.24, 2.45) is 5.16 Å². The molecule has 4 heterocycles. The van der Waals surface area contributed by atoms with E-state index in [1.807, 2.05) is 0 Å². The fourth-order valence-electron chi connectivity index (χ4n) is 3.50. The van der Waals surface area contributed by atoms with Crippen molar-refractivity contribution in [3.63, 3.8) is 0 Å². The third-order valence-corrected chi connectivity index (χ3v) is 8.22. The molecule has 1 fully saturated rings. The number of rotatable bonds is 9. The van der Waals surface area contributed by atoms with E-state index in [0.717, 1.165) is 32.7 Å². The summed E-state index contributed by atoms with van der Waals surface area (Å²) in [5.74, 6) is 3.74. The van der Waals surface area contributed by atoms with Crippen LogP contribution in [0.15, 0.2) is 33.0 Å². The zero-order chi connectivity index (χ0) is 26.9. The number of β-lactam (4-membered cyclic amide) rings is 1. The molecular formula is C19H22N10O5S3. The fraction of sp³-hybridized carbons (Fsp3) is 0.316. The van der Waals surface area contributed by atoms with E-state index in [9.17, 15) is 19.5 Å². The van der Waals surface area contributed by atoms with E-state index >= 15 is 0 Å². The number of nitrogen functional groups attached to an aromatic ring is 4. The Morgan fingerprint density at radius 1 is 1.38 bits per heavy atom. The van der Waals surface area contributed by atoms with Crippen molar-refractivity contribution in [3.8, 4) is 0 Å². The summed E-state index contributed by atoms with van der Waals surface area (Å²) in [6, 6.07) is 0.392. The van der Waals surface area contributed by atoms with Gasteiger partial charge in [-0.3, -0.25) is 20.3 Å². The second kappa shape index (κ2) is 10.7. The first kappa shape index (κ1) is 26.3. The minimum Gasteiger partial charge on any atom is -0.543 e. The normalized spacial score (nSPS) is 19.3. The summed E-state index contributed by atoms with van der Waals surface area (Å²) < 4.78 is 1.12. The van der Waals surface area contributed by atoms with Crippen LogP contribution in [0.5, 0.6) is 0 Å². The fourth-order valence-corrected chi connectivity index (χ4v) is 6.48. The number of nitrogens with one attached hydrogen (secondary N) is 1. The number of thiazole rings is 1. The number of carboxylic acid groups (broad SMARTS) is 1. The van der Waals surface area contributed by atoms with Crippen LogP contribution in [0.2, 0.25) is 0 Å². The Balaban J connectivity index is 1.51. The Hall–Kier alpha value is -3.77. The van der Waals surface area contributed by atoms with Crippen molar-refractivity contribution in [1.82, 2.24) is 20.2 Å². The van der Waals surface area contributed by atoms with Gasteiger partial charge in [-0.25, -0.2) is 4.98 Å². The van der Waals surface area contributed by atoms with Crippen LogP contribution >= 0.6 is 34.9 Å². The van der Waals surface area contributed by atoms with Gasteiger partial charge in [-0.05, 0) is 24.3 Å². The molecule has 1 saturated heterocycles. The number of aromatic nitrogens is 3. The van der Waals surface area contributed by atoms with Crippen LogP contribution in [0.25, 0.3) is 0 Å². The zero-order valence-electron chi connectivity index (χ0n) is 19.2. The molecule has 9 N–H and O–H groups in total. The molecule has 0 bridgehead atoms. The summed E-state index contributed by atoms with van der Waals surface area (Å²) in [5, 5.41) is 19.8. The lowest BCUT2D eigenvalue weighted by molar-refractivity contribution is -0.667. The third kappa shape index (κ3) is 5.20. The summed E-state index contributed by atoms with van der Waals surface area (Å²) in [7, 11) is 0. The van der Waals surface area contributed by atoms with Crippen LogP contribution in [0, 0.1) is 0 Å². The number of carbonyl (C=O) groups is 3. The van der Waals surface area contributed by atoms with Gasteiger partial charge in [0.2, 0.25) is 11.6 Å². The molecule has 0 radical (unpaired) electrons. The lowest BCUT2D eigenvalue weighted by Crippen LogP contribution is -2.71. The Kier molecular flexibility index (Phi) is 7.60. The third-order valence-electron chi connectivity index (χ3n) is 5.17. The number of carbonyl (C=O) groups excluding carboxylic acids is 3. The first-order valence-corrected chi connectivity index (χ1v) is 13.5. The Labute approximate surface area is 222 Å². The van der Waals surface area contributed by atoms with Gasteiger partial charge in [0.1, 0.15) is 23.7 Å². The summed E-state index contributed by atoms with van der Waals surface area (Å²) in [6.45, 7) is 1.89.